The second-order valence-corrected chi connectivity index (χ2v) is 8.49. The molecule has 2 nitrogen and oxygen atoms in total. The Morgan fingerprint density at radius 3 is 2.03 bits per heavy atom. The third-order valence-electron chi connectivity index (χ3n) is 5.77. The minimum atomic E-state index is -4.36. The van der Waals surface area contributed by atoms with Crippen LogP contribution in [0.25, 0.3) is 0 Å². The molecule has 0 N–H and O–H groups in total. The van der Waals surface area contributed by atoms with E-state index in [1.54, 1.807) is 0 Å². The van der Waals surface area contributed by atoms with Crippen molar-refractivity contribution in [2.75, 3.05) is 0 Å². The molecule has 7 heteroatoms. The van der Waals surface area contributed by atoms with Gasteiger partial charge < -0.3 is 4.57 Å². The van der Waals surface area contributed by atoms with Gasteiger partial charge in [0.15, 0.2) is 0 Å². The predicted octanol–water partition coefficient (Wildman–Crippen LogP) is 6.88. The van der Waals surface area contributed by atoms with Crippen LogP contribution in [0.2, 0.25) is 0 Å². The Labute approximate surface area is 185 Å². The first kappa shape index (κ1) is 24.0. The van der Waals surface area contributed by atoms with Crippen molar-refractivity contribution in [2.24, 2.45) is 5.92 Å². The van der Waals surface area contributed by atoms with Gasteiger partial charge >= 0.3 is 6.18 Å². The average molecular weight is 450 g/mol. The fourth-order valence-electron chi connectivity index (χ4n) is 3.65. The molecule has 0 saturated carbocycles. The third-order valence-corrected chi connectivity index (χ3v) is 5.77. The molecule has 0 spiro atoms. The molecule has 0 aliphatic rings. The van der Waals surface area contributed by atoms with Crippen molar-refractivity contribution >= 4 is 0 Å². The molecule has 1 atom stereocenters. The number of aromatic nitrogens is 1. The highest BCUT2D eigenvalue weighted by Gasteiger charge is 2.30. The summed E-state index contributed by atoms with van der Waals surface area (Å²) in [7, 11) is 0. The van der Waals surface area contributed by atoms with E-state index < -0.39 is 23.4 Å². The lowest BCUT2D eigenvalue weighted by molar-refractivity contribution is -0.137. The lowest BCUT2D eigenvalue weighted by Gasteiger charge is -2.32. The van der Waals surface area contributed by atoms with Gasteiger partial charge in [-0.1, -0.05) is 26.0 Å². The molecular weight excluding hydrogens is 423 g/mol. The summed E-state index contributed by atoms with van der Waals surface area (Å²) in [6.07, 6.45) is -2.48. The van der Waals surface area contributed by atoms with Gasteiger partial charge in [-0.15, -0.1) is 0 Å². The molecular formula is C25H27F5N2. The maximum atomic E-state index is 13.7. The highest BCUT2D eigenvalue weighted by molar-refractivity contribution is 5.25. The van der Waals surface area contributed by atoms with Gasteiger partial charge in [-0.05, 0) is 60.4 Å². The maximum absolute atomic E-state index is 13.7. The summed E-state index contributed by atoms with van der Waals surface area (Å²) in [5.41, 5.74) is 1.60. The fourth-order valence-corrected chi connectivity index (χ4v) is 3.65. The van der Waals surface area contributed by atoms with Crippen LogP contribution in [0.1, 0.15) is 43.2 Å². The van der Waals surface area contributed by atoms with Crippen molar-refractivity contribution in [3.8, 4) is 0 Å². The second kappa shape index (κ2) is 9.86. The normalized spacial score (nSPS) is 13.2. The summed E-state index contributed by atoms with van der Waals surface area (Å²) in [5, 5.41) is 0. The Hall–Kier alpha value is -2.67. The SMILES string of the molecule is CC(C)[C@@H](C)N(Cc1cc(F)cc(F)c1)Cc1cccn1Cc1ccc(C(F)(F)F)cc1. The van der Waals surface area contributed by atoms with E-state index in [4.69, 9.17) is 0 Å². The van der Waals surface area contributed by atoms with Gasteiger partial charge in [-0.25, -0.2) is 8.78 Å². The van der Waals surface area contributed by atoms with Crippen LogP contribution < -0.4 is 0 Å². The number of halogens is 5. The first-order valence-corrected chi connectivity index (χ1v) is 10.5. The highest BCUT2D eigenvalue weighted by atomic mass is 19.4. The van der Waals surface area contributed by atoms with Gasteiger partial charge in [0.1, 0.15) is 11.6 Å². The van der Waals surface area contributed by atoms with Gasteiger partial charge in [0.2, 0.25) is 0 Å². The zero-order chi connectivity index (χ0) is 23.5. The number of nitrogens with zero attached hydrogens (tertiary/aromatic N) is 2. The maximum Gasteiger partial charge on any atom is 0.416 e. The second-order valence-electron chi connectivity index (χ2n) is 8.49. The highest BCUT2D eigenvalue weighted by Crippen LogP contribution is 2.29. The monoisotopic (exact) mass is 450 g/mol. The number of hydrogen-bond donors (Lipinski definition) is 0. The van der Waals surface area contributed by atoms with Gasteiger partial charge in [-0.2, -0.15) is 13.2 Å². The van der Waals surface area contributed by atoms with Gasteiger partial charge in [0.25, 0.3) is 0 Å². The Bertz CT molecular complexity index is 1000. The van der Waals surface area contributed by atoms with Crippen LogP contribution in [-0.4, -0.2) is 15.5 Å². The van der Waals surface area contributed by atoms with E-state index in [9.17, 15) is 22.0 Å². The molecule has 172 valence electrons. The minimum Gasteiger partial charge on any atom is -0.346 e. The average Bonchev–Trinajstić information content (AvgIpc) is 3.12. The molecule has 2 aromatic carbocycles. The molecule has 3 aromatic rings. The molecule has 1 aromatic heterocycles. The molecule has 0 bridgehead atoms. The van der Waals surface area contributed by atoms with E-state index in [1.165, 1.54) is 24.3 Å². The Morgan fingerprint density at radius 2 is 1.47 bits per heavy atom. The topological polar surface area (TPSA) is 8.17 Å². The first-order chi connectivity index (χ1) is 15.0. The molecule has 3 rings (SSSR count). The number of alkyl halides is 3. The third kappa shape index (κ3) is 6.19. The molecule has 0 amide bonds. The summed E-state index contributed by atoms with van der Waals surface area (Å²) in [4.78, 5) is 2.15. The van der Waals surface area contributed by atoms with Crippen LogP contribution in [0, 0.1) is 17.6 Å². The van der Waals surface area contributed by atoms with E-state index >= 15 is 0 Å². The number of hydrogen-bond acceptors (Lipinski definition) is 1. The smallest absolute Gasteiger partial charge is 0.346 e. The Morgan fingerprint density at radius 1 is 0.844 bits per heavy atom. The van der Waals surface area contributed by atoms with Crippen LogP contribution in [0.15, 0.2) is 60.8 Å². The molecule has 0 saturated heterocycles. The zero-order valence-corrected chi connectivity index (χ0v) is 18.3. The predicted molar refractivity (Wildman–Crippen MR) is 115 cm³/mol. The van der Waals surface area contributed by atoms with E-state index in [1.807, 2.05) is 22.9 Å². The van der Waals surface area contributed by atoms with Crippen molar-refractivity contribution in [3.05, 3.63) is 94.8 Å². The molecule has 0 aliphatic carbocycles. The van der Waals surface area contributed by atoms with Crippen molar-refractivity contribution in [2.45, 2.75) is 52.6 Å². The molecule has 0 radical (unpaired) electrons. The van der Waals surface area contributed by atoms with Gasteiger partial charge in [0, 0.05) is 43.6 Å². The van der Waals surface area contributed by atoms with Crippen molar-refractivity contribution < 1.29 is 22.0 Å². The van der Waals surface area contributed by atoms with Crippen LogP contribution in [0.5, 0.6) is 0 Å². The number of rotatable bonds is 8. The van der Waals surface area contributed by atoms with Crippen LogP contribution in [-0.2, 0) is 25.8 Å². The van der Waals surface area contributed by atoms with Crippen molar-refractivity contribution in [3.63, 3.8) is 0 Å². The van der Waals surface area contributed by atoms with E-state index in [0.29, 0.717) is 31.1 Å². The van der Waals surface area contributed by atoms with Gasteiger partial charge in [0.05, 0.1) is 5.56 Å². The quantitative estimate of drug-likeness (QED) is 0.340. The zero-order valence-electron chi connectivity index (χ0n) is 18.3. The summed E-state index contributed by atoms with van der Waals surface area (Å²) < 4.78 is 67.8. The molecule has 0 fully saturated rings. The van der Waals surface area contributed by atoms with Crippen LogP contribution in [0.3, 0.4) is 0 Å². The molecule has 0 unspecified atom stereocenters. The van der Waals surface area contributed by atoms with Crippen LogP contribution in [0.4, 0.5) is 22.0 Å². The summed E-state index contributed by atoms with van der Waals surface area (Å²) in [6.45, 7) is 7.59. The standard InChI is InChI=1S/C25H27F5N2/c1-17(2)18(3)32(15-20-11-22(26)13-23(27)12-20)16-24-5-4-10-31(24)14-19-6-8-21(9-7-19)25(28,29)30/h4-13,17-18H,14-16H2,1-3H3/t18-/m1/s1. The summed E-state index contributed by atoms with van der Waals surface area (Å²) in [6, 6.07) is 12.6. The molecule has 0 aliphatic heterocycles. The lowest BCUT2D eigenvalue weighted by atomic mass is 10.0. The molecule has 32 heavy (non-hydrogen) atoms. The van der Waals surface area contributed by atoms with Crippen LogP contribution >= 0.6 is 0 Å². The molecule has 1 heterocycles. The largest absolute Gasteiger partial charge is 0.416 e. The van der Waals surface area contributed by atoms with E-state index in [-0.39, 0.29) is 6.04 Å². The van der Waals surface area contributed by atoms with Crippen molar-refractivity contribution in [1.29, 1.82) is 0 Å². The van der Waals surface area contributed by atoms with Crippen molar-refractivity contribution in [1.82, 2.24) is 9.47 Å². The van der Waals surface area contributed by atoms with E-state index in [0.717, 1.165) is 29.5 Å². The minimum absolute atomic E-state index is 0.135. The Balaban J connectivity index is 1.79. The van der Waals surface area contributed by atoms with E-state index in [2.05, 4.69) is 25.7 Å². The number of benzene rings is 2. The fraction of sp³-hybridized carbons (Fsp3) is 0.360. The lowest BCUT2D eigenvalue weighted by Crippen LogP contribution is -2.36. The van der Waals surface area contributed by atoms with Gasteiger partial charge in [-0.3, -0.25) is 4.90 Å². The summed E-state index contributed by atoms with van der Waals surface area (Å²) >= 11 is 0. The summed E-state index contributed by atoms with van der Waals surface area (Å²) in [5.74, 6) is -0.905. The first-order valence-electron chi connectivity index (χ1n) is 10.5. The Kier molecular flexibility index (Phi) is 7.39.